The molecule has 68 valence electrons. The highest BCUT2D eigenvalue weighted by atomic mass is 15.0. The first kappa shape index (κ1) is 9.53. The van der Waals surface area contributed by atoms with E-state index in [1.807, 2.05) is 12.2 Å². The van der Waals surface area contributed by atoms with Crippen LogP contribution in [0.15, 0.2) is 25.3 Å². The number of hydrogen-bond acceptors (Lipinski definition) is 1. The Bertz CT molecular complexity index is 154. The van der Waals surface area contributed by atoms with Crippen LogP contribution in [-0.4, -0.2) is 12.1 Å². The van der Waals surface area contributed by atoms with Gasteiger partial charge in [-0.25, -0.2) is 0 Å². The van der Waals surface area contributed by atoms with E-state index in [0.29, 0.717) is 5.54 Å². The third-order valence-corrected chi connectivity index (χ3v) is 2.72. The SMILES string of the molecule is C=CCNC1(CC=C)CCCC1. The van der Waals surface area contributed by atoms with Crippen molar-refractivity contribution in [3.05, 3.63) is 25.3 Å². The van der Waals surface area contributed by atoms with E-state index in [4.69, 9.17) is 0 Å². The molecule has 0 aromatic carbocycles. The molecule has 1 rings (SSSR count). The molecule has 0 aliphatic heterocycles. The summed E-state index contributed by atoms with van der Waals surface area (Å²) in [5.41, 5.74) is 0.357. The van der Waals surface area contributed by atoms with Crippen molar-refractivity contribution >= 4 is 0 Å². The summed E-state index contributed by atoms with van der Waals surface area (Å²) in [5, 5.41) is 3.56. The molecular formula is C11H19N. The van der Waals surface area contributed by atoms with Crippen LogP contribution in [0.2, 0.25) is 0 Å². The quantitative estimate of drug-likeness (QED) is 0.617. The van der Waals surface area contributed by atoms with Crippen LogP contribution in [0.5, 0.6) is 0 Å². The summed E-state index contributed by atoms with van der Waals surface area (Å²) >= 11 is 0. The van der Waals surface area contributed by atoms with Gasteiger partial charge in [0.25, 0.3) is 0 Å². The predicted octanol–water partition coefficient (Wildman–Crippen LogP) is 2.65. The van der Waals surface area contributed by atoms with Gasteiger partial charge < -0.3 is 5.32 Å². The van der Waals surface area contributed by atoms with Crippen molar-refractivity contribution in [1.82, 2.24) is 5.32 Å². The van der Waals surface area contributed by atoms with Gasteiger partial charge in [0.2, 0.25) is 0 Å². The van der Waals surface area contributed by atoms with Gasteiger partial charge in [-0.2, -0.15) is 0 Å². The molecule has 1 fully saturated rings. The topological polar surface area (TPSA) is 12.0 Å². The van der Waals surface area contributed by atoms with Crippen LogP contribution >= 0.6 is 0 Å². The van der Waals surface area contributed by atoms with E-state index in [2.05, 4.69) is 18.5 Å². The van der Waals surface area contributed by atoms with E-state index in [1.54, 1.807) is 0 Å². The highest BCUT2D eigenvalue weighted by molar-refractivity contribution is 4.98. The predicted molar refractivity (Wildman–Crippen MR) is 54.2 cm³/mol. The van der Waals surface area contributed by atoms with Gasteiger partial charge in [-0.1, -0.05) is 25.0 Å². The molecule has 0 bridgehead atoms. The third-order valence-electron chi connectivity index (χ3n) is 2.72. The molecule has 0 aromatic rings. The maximum atomic E-state index is 3.81. The first-order valence-corrected chi connectivity index (χ1v) is 4.80. The Hall–Kier alpha value is -0.560. The smallest absolute Gasteiger partial charge is 0.0218 e. The monoisotopic (exact) mass is 165 g/mol. The highest BCUT2D eigenvalue weighted by Gasteiger charge is 2.31. The van der Waals surface area contributed by atoms with Gasteiger partial charge in [-0.05, 0) is 19.3 Å². The maximum absolute atomic E-state index is 3.81. The second-order valence-electron chi connectivity index (χ2n) is 3.65. The minimum Gasteiger partial charge on any atom is -0.307 e. The third kappa shape index (κ3) is 2.21. The Labute approximate surface area is 75.6 Å². The van der Waals surface area contributed by atoms with E-state index >= 15 is 0 Å². The molecular weight excluding hydrogens is 146 g/mol. The van der Waals surface area contributed by atoms with Crippen molar-refractivity contribution in [2.24, 2.45) is 0 Å². The zero-order valence-corrected chi connectivity index (χ0v) is 7.81. The first-order valence-electron chi connectivity index (χ1n) is 4.80. The van der Waals surface area contributed by atoms with E-state index in [1.165, 1.54) is 25.7 Å². The van der Waals surface area contributed by atoms with E-state index in [9.17, 15) is 0 Å². The Morgan fingerprint density at radius 3 is 2.33 bits per heavy atom. The van der Waals surface area contributed by atoms with Crippen LogP contribution in [0.1, 0.15) is 32.1 Å². The maximum Gasteiger partial charge on any atom is 0.0218 e. The molecule has 1 nitrogen and oxygen atoms in total. The molecule has 0 spiro atoms. The lowest BCUT2D eigenvalue weighted by Crippen LogP contribution is -2.42. The zero-order valence-electron chi connectivity index (χ0n) is 7.81. The van der Waals surface area contributed by atoms with Crippen molar-refractivity contribution in [2.75, 3.05) is 6.54 Å². The molecule has 0 atom stereocenters. The van der Waals surface area contributed by atoms with E-state index < -0.39 is 0 Å². The second kappa shape index (κ2) is 4.46. The number of nitrogens with one attached hydrogen (secondary N) is 1. The molecule has 0 amide bonds. The molecule has 0 heterocycles. The molecule has 0 radical (unpaired) electrons. The number of hydrogen-bond donors (Lipinski definition) is 1. The fraction of sp³-hybridized carbons (Fsp3) is 0.636. The lowest BCUT2D eigenvalue weighted by molar-refractivity contribution is 0.350. The molecule has 12 heavy (non-hydrogen) atoms. The first-order chi connectivity index (χ1) is 5.83. The molecule has 1 aliphatic rings. The molecule has 0 aromatic heterocycles. The lowest BCUT2D eigenvalue weighted by atomic mass is 9.93. The van der Waals surface area contributed by atoms with Crippen molar-refractivity contribution in [3.63, 3.8) is 0 Å². The van der Waals surface area contributed by atoms with Crippen LogP contribution in [-0.2, 0) is 0 Å². The van der Waals surface area contributed by atoms with Crippen LogP contribution in [0.25, 0.3) is 0 Å². The summed E-state index contributed by atoms with van der Waals surface area (Å²) in [5.74, 6) is 0. The summed E-state index contributed by atoms with van der Waals surface area (Å²) in [6.07, 6.45) is 10.4. The zero-order chi connectivity index (χ0) is 8.86. The van der Waals surface area contributed by atoms with Crippen molar-refractivity contribution < 1.29 is 0 Å². The van der Waals surface area contributed by atoms with Crippen molar-refractivity contribution in [1.29, 1.82) is 0 Å². The molecule has 1 saturated carbocycles. The average molecular weight is 165 g/mol. The fourth-order valence-electron chi connectivity index (χ4n) is 2.07. The molecule has 0 unspecified atom stereocenters. The van der Waals surface area contributed by atoms with Crippen LogP contribution < -0.4 is 5.32 Å². The Kier molecular flexibility index (Phi) is 3.54. The highest BCUT2D eigenvalue weighted by Crippen LogP contribution is 2.32. The number of rotatable bonds is 5. The summed E-state index contributed by atoms with van der Waals surface area (Å²) < 4.78 is 0. The van der Waals surface area contributed by atoms with E-state index in [-0.39, 0.29) is 0 Å². The fourth-order valence-corrected chi connectivity index (χ4v) is 2.07. The average Bonchev–Trinajstić information content (AvgIpc) is 2.51. The van der Waals surface area contributed by atoms with Gasteiger partial charge >= 0.3 is 0 Å². The Balaban J connectivity index is 2.45. The second-order valence-corrected chi connectivity index (χ2v) is 3.65. The van der Waals surface area contributed by atoms with Gasteiger partial charge in [0.15, 0.2) is 0 Å². The van der Waals surface area contributed by atoms with Crippen molar-refractivity contribution in [2.45, 2.75) is 37.6 Å². The Morgan fingerprint density at radius 2 is 1.83 bits per heavy atom. The van der Waals surface area contributed by atoms with Gasteiger partial charge in [0.05, 0.1) is 0 Å². The van der Waals surface area contributed by atoms with Gasteiger partial charge in [-0.15, -0.1) is 13.2 Å². The van der Waals surface area contributed by atoms with Crippen molar-refractivity contribution in [3.8, 4) is 0 Å². The van der Waals surface area contributed by atoms with Crippen LogP contribution in [0.3, 0.4) is 0 Å². The summed E-state index contributed by atoms with van der Waals surface area (Å²) in [6.45, 7) is 8.46. The molecule has 0 saturated heterocycles. The molecule has 1 aliphatic carbocycles. The summed E-state index contributed by atoms with van der Waals surface area (Å²) in [7, 11) is 0. The summed E-state index contributed by atoms with van der Waals surface area (Å²) in [6, 6.07) is 0. The molecule has 1 N–H and O–H groups in total. The largest absolute Gasteiger partial charge is 0.307 e. The lowest BCUT2D eigenvalue weighted by Gasteiger charge is -2.28. The minimum atomic E-state index is 0.357. The van der Waals surface area contributed by atoms with E-state index in [0.717, 1.165) is 13.0 Å². The van der Waals surface area contributed by atoms with Crippen LogP contribution in [0, 0.1) is 0 Å². The van der Waals surface area contributed by atoms with Crippen LogP contribution in [0.4, 0.5) is 0 Å². The van der Waals surface area contributed by atoms with Gasteiger partial charge in [0.1, 0.15) is 0 Å². The standard InChI is InChI=1S/C11H19N/c1-3-7-11(12-10-4-2)8-5-6-9-11/h3-4,12H,1-2,5-10H2. The minimum absolute atomic E-state index is 0.357. The molecule has 1 heteroatoms. The normalized spacial score (nSPS) is 20.7. The summed E-state index contributed by atoms with van der Waals surface area (Å²) in [4.78, 5) is 0. The van der Waals surface area contributed by atoms with Gasteiger partial charge in [0, 0.05) is 12.1 Å². The van der Waals surface area contributed by atoms with Gasteiger partial charge in [-0.3, -0.25) is 0 Å². The Morgan fingerprint density at radius 1 is 1.17 bits per heavy atom.